The Morgan fingerprint density at radius 1 is 0.970 bits per heavy atom. The summed E-state index contributed by atoms with van der Waals surface area (Å²) in [5, 5.41) is 2.25. The summed E-state index contributed by atoms with van der Waals surface area (Å²) in [4.78, 5) is 21.7. The van der Waals surface area contributed by atoms with E-state index in [4.69, 9.17) is 4.91 Å². The Morgan fingerprint density at radius 3 is 2.33 bits per heavy atom. The van der Waals surface area contributed by atoms with E-state index in [1.807, 2.05) is 0 Å². The molecule has 0 N–H and O–H groups in total. The highest BCUT2D eigenvalue weighted by molar-refractivity contribution is 5.82. The summed E-state index contributed by atoms with van der Waals surface area (Å²) in [6.45, 7) is 12.4. The summed E-state index contributed by atoms with van der Waals surface area (Å²) in [5.74, 6) is 6.31. The molecule has 8 unspecified atom stereocenters. The highest BCUT2D eigenvalue weighted by Crippen LogP contribution is 2.66. The Kier molecular flexibility index (Phi) is 9.23. The number of nitrogens with zero attached hydrogens (tertiary/aromatic N) is 1. The molecule has 0 aromatic rings. The molecule has 0 aromatic carbocycles. The number of fused-ring (bicyclic) bond motifs is 5. The maximum atomic E-state index is 13.1. The van der Waals surface area contributed by atoms with E-state index in [1.165, 1.54) is 90.5 Å². The topological polar surface area (TPSA) is 46.5 Å². The van der Waals surface area contributed by atoms with E-state index in [-0.39, 0.29) is 0 Å². The molecular weight excluding hydrogens is 406 g/mol. The van der Waals surface area contributed by atoms with E-state index < -0.39 is 0 Å². The molecule has 0 aliphatic heterocycles. The third-order valence-electron chi connectivity index (χ3n) is 11.4. The van der Waals surface area contributed by atoms with E-state index in [0.717, 1.165) is 41.9 Å². The number of hydrogen-bond acceptors (Lipinski definition) is 3. The van der Waals surface area contributed by atoms with Crippen LogP contribution in [0.5, 0.6) is 0 Å². The zero-order valence-corrected chi connectivity index (χ0v) is 22.7. The van der Waals surface area contributed by atoms with Gasteiger partial charge in [-0.25, -0.2) is 0 Å². The van der Waals surface area contributed by atoms with Gasteiger partial charge in [-0.15, -0.1) is 0 Å². The van der Waals surface area contributed by atoms with E-state index in [1.54, 1.807) is 0 Å². The van der Waals surface area contributed by atoms with Crippen LogP contribution in [0.25, 0.3) is 0 Å². The molecule has 33 heavy (non-hydrogen) atoms. The molecule has 4 rings (SSSR count). The maximum absolute atomic E-state index is 13.1. The van der Waals surface area contributed by atoms with Crippen LogP contribution < -0.4 is 0 Å². The van der Waals surface area contributed by atoms with Crippen LogP contribution in [0.2, 0.25) is 0 Å². The summed E-state index contributed by atoms with van der Waals surface area (Å²) in [6, 6.07) is 0. The second-order valence-corrected chi connectivity index (χ2v) is 13.0. The third kappa shape index (κ3) is 5.27. The summed E-state index contributed by atoms with van der Waals surface area (Å²) in [6.07, 6.45) is 18.8. The number of rotatable bonds is 6. The monoisotopic (exact) mass is 459 g/mol. The number of nitroso groups, excluding NO2 is 1. The van der Waals surface area contributed by atoms with Crippen molar-refractivity contribution in [2.24, 2.45) is 57.4 Å². The van der Waals surface area contributed by atoms with Gasteiger partial charge in [0.25, 0.3) is 0 Å². The quantitative estimate of drug-likeness (QED) is 0.372. The van der Waals surface area contributed by atoms with Crippen molar-refractivity contribution in [1.82, 2.24) is 0 Å². The number of carbonyl (C=O) groups excluding carboxylic acids is 1. The van der Waals surface area contributed by atoms with Crippen LogP contribution in [0.1, 0.15) is 125 Å². The largest absolute Gasteiger partial charge is 0.299 e. The van der Waals surface area contributed by atoms with Crippen LogP contribution in [0, 0.1) is 57.2 Å². The summed E-state index contributed by atoms with van der Waals surface area (Å²) in [7, 11) is 1.19. The average Bonchev–Trinajstić information content (AvgIpc) is 3.06. The van der Waals surface area contributed by atoms with Crippen molar-refractivity contribution in [3.05, 3.63) is 4.91 Å². The SMILES string of the molecule is CCC(CCCC1CCC2C3CCC(=O)C4CCCCC4(C)C3CCC12C)C(C)C.CN=O. The van der Waals surface area contributed by atoms with E-state index in [2.05, 4.69) is 39.8 Å². The molecule has 8 atom stereocenters. The van der Waals surface area contributed by atoms with Gasteiger partial charge in [-0.2, -0.15) is 4.91 Å². The van der Waals surface area contributed by atoms with E-state index >= 15 is 0 Å². The Labute approximate surface area is 204 Å². The van der Waals surface area contributed by atoms with Gasteiger partial charge < -0.3 is 0 Å². The number of carbonyl (C=O) groups is 1. The van der Waals surface area contributed by atoms with Crippen molar-refractivity contribution in [3.63, 3.8) is 0 Å². The lowest BCUT2D eigenvalue weighted by Gasteiger charge is -2.55. The van der Waals surface area contributed by atoms with Crippen molar-refractivity contribution in [3.8, 4) is 0 Å². The van der Waals surface area contributed by atoms with Crippen LogP contribution >= 0.6 is 0 Å². The van der Waals surface area contributed by atoms with Crippen LogP contribution in [0.15, 0.2) is 5.18 Å². The fourth-order valence-corrected chi connectivity index (χ4v) is 9.54. The van der Waals surface area contributed by atoms with Gasteiger partial charge in [0.15, 0.2) is 0 Å². The molecule has 4 fully saturated rings. The molecule has 0 spiro atoms. The number of Topliss-reactive ketones (excluding diaryl/α,β-unsaturated/α-hetero) is 1. The minimum Gasteiger partial charge on any atom is -0.299 e. The van der Waals surface area contributed by atoms with Crippen LogP contribution in [-0.2, 0) is 4.79 Å². The Hall–Kier alpha value is -0.730. The van der Waals surface area contributed by atoms with Gasteiger partial charge in [-0.1, -0.05) is 71.9 Å². The first-order chi connectivity index (χ1) is 15.7. The third-order valence-corrected chi connectivity index (χ3v) is 11.4. The molecule has 0 radical (unpaired) electrons. The minimum absolute atomic E-state index is 0.321. The predicted molar refractivity (Wildman–Crippen MR) is 139 cm³/mol. The lowest BCUT2D eigenvalue weighted by Crippen LogP contribution is -2.49. The van der Waals surface area contributed by atoms with Crippen LogP contribution in [0.3, 0.4) is 0 Å². The van der Waals surface area contributed by atoms with Gasteiger partial charge in [0.2, 0.25) is 0 Å². The molecular formula is C30H53NO2. The van der Waals surface area contributed by atoms with Crippen molar-refractivity contribution in [1.29, 1.82) is 0 Å². The van der Waals surface area contributed by atoms with E-state index in [9.17, 15) is 4.79 Å². The second-order valence-electron chi connectivity index (χ2n) is 13.0. The minimum atomic E-state index is 0.321. The molecule has 0 heterocycles. The zero-order valence-electron chi connectivity index (χ0n) is 22.7. The Bertz CT molecular complexity index is 660. The van der Waals surface area contributed by atoms with Crippen molar-refractivity contribution >= 4 is 5.78 Å². The molecule has 3 nitrogen and oxygen atoms in total. The average molecular weight is 460 g/mol. The van der Waals surface area contributed by atoms with Gasteiger partial charge >= 0.3 is 0 Å². The zero-order chi connectivity index (χ0) is 24.2. The smallest absolute Gasteiger partial charge is 0.136 e. The van der Waals surface area contributed by atoms with E-state index in [0.29, 0.717) is 22.5 Å². The Morgan fingerprint density at radius 2 is 1.67 bits per heavy atom. The molecule has 4 saturated carbocycles. The molecule has 0 aromatic heterocycles. The first-order valence-corrected chi connectivity index (χ1v) is 14.5. The van der Waals surface area contributed by atoms with Gasteiger partial charge in [0, 0.05) is 12.3 Å². The summed E-state index contributed by atoms with van der Waals surface area (Å²) >= 11 is 0. The summed E-state index contributed by atoms with van der Waals surface area (Å²) in [5.41, 5.74) is 0.885. The van der Waals surface area contributed by atoms with Gasteiger partial charge in [-0.3, -0.25) is 4.79 Å². The highest BCUT2D eigenvalue weighted by atomic mass is 16.2. The van der Waals surface area contributed by atoms with Gasteiger partial charge in [0.05, 0.1) is 7.05 Å². The fraction of sp³-hybridized carbons (Fsp3) is 0.967. The highest BCUT2D eigenvalue weighted by Gasteiger charge is 2.59. The van der Waals surface area contributed by atoms with Crippen LogP contribution in [-0.4, -0.2) is 12.8 Å². The predicted octanol–water partition coefficient (Wildman–Crippen LogP) is 8.84. The fourth-order valence-electron chi connectivity index (χ4n) is 9.54. The number of hydrogen-bond donors (Lipinski definition) is 0. The normalized spacial score (nSPS) is 41.2. The lowest BCUT2D eigenvalue weighted by molar-refractivity contribution is -0.131. The standard InChI is InChI=1S/C29H50O.CH3NO/c1-6-21(20(2)3)10-9-11-22-13-15-24-23-14-16-27(30)26-12-7-8-18-29(26,5)25(23)17-19-28(22,24)4;1-2-3/h20-26H,6-19H2,1-5H3;1H3. The molecule has 0 saturated heterocycles. The molecule has 0 bridgehead atoms. The molecule has 190 valence electrons. The molecule has 0 amide bonds. The maximum Gasteiger partial charge on any atom is 0.136 e. The van der Waals surface area contributed by atoms with Crippen molar-refractivity contribution in [2.45, 2.75) is 125 Å². The first-order valence-electron chi connectivity index (χ1n) is 14.5. The van der Waals surface area contributed by atoms with Crippen molar-refractivity contribution in [2.75, 3.05) is 7.05 Å². The Balaban J connectivity index is 0.000000968. The molecule has 4 aliphatic rings. The van der Waals surface area contributed by atoms with Crippen molar-refractivity contribution < 1.29 is 4.79 Å². The second kappa shape index (κ2) is 11.3. The van der Waals surface area contributed by atoms with Crippen LogP contribution in [0.4, 0.5) is 0 Å². The number of ketones is 1. The lowest BCUT2D eigenvalue weighted by atomic mass is 9.49. The van der Waals surface area contributed by atoms with Gasteiger partial charge in [-0.05, 0) is 97.7 Å². The van der Waals surface area contributed by atoms with Gasteiger partial charge in [0.1, 0.15) is 5.78 Å². The summed E-state index contributed by atoms with van der Waals surface area (Å²) < 4.78 is 0. The molecule has 4 aliphatic carbocycles. The molecule has 3 heteroatoms. The first kappa shape index (κ1) is 26.9.